The number of furan rings is 1. The molecule has 2 aromatic carbocycles. The normalized spacial score (nSPS) is 11.4. The average Bonchev–Trinajstić information content (AvgIpc) is 3.31. The van der Waals surface area contributed by atoms with Crippen molar-refractivity contribution in [1.82, 2.24) is 4.57 Å². The molecule has 0 saturated carbocycles. The van der Waals surface area contributed by atoms with E-state index in [9.17, 15) is 9.59 Å². The van der Waals surface area contributed by atoms with Gasteiger partial charge in [0, 0.05) is 40.1 Å². The van der Waals surface area contributed by atoms with Gasteiger partial charge in [-0.3, -0.25) is 4.79 Å². The molecule has 0 unspecified atom stereocenters. The number of anilines is 1. The van der Waals surface area contributed by atoms with Gasteiger partial charge in [0.25, 0.3) is 5.91 Å². The highest BCUT2D eigenvalue weighted by Crippen LogP contribution is 2.30. The fourth-order valence-corrected chi connectivity index (χ4v) is 3.74. The summed E-state index contributed by atoms with van der Waals surface area (Å²) in [7, 11) is 0. The molecule has 0 aliphatic carbocycles. The van der Waals surface area contributed by atoms with Crippen LogP contribution in [-0.4, -0.2) is 23.1 Å². The van der Waals surface area contributed by atoms with Crippen LogP contribution in [0.15, 0.2) is 69.8 Å². The number of carbonyl (C=O) groups excluding carboxylic acids is 2. The molecule has 0 aliphatic heterocycles. The molecule has 0 aliphatic rings. The van der Waals surface area contributed by atoms with Gasteiger partial charge in [-0.25, -0.2) is 4.79 Å². The Morgan fingerprint density at radius 3 is 2.67 bits per heavy atom. The zero-order valence-electron chi connectivity index (χ0n) is 16.2. The number of hydrogen-bond acceptors (Lipinski definition) is 4. The summed E-state index contributed by atoms with van der Waals surface area (Å²) in [5.41, 5.74) is 2.92. The first-order chi connectivity index (χ1) is 14.5. The van der Waals surface area contributed by atoms with Crippen LogP contribution in [0.1, 0.15) is 12.7 Å². The second-order valence-corrected chi connectivity index (χ2v) is 7.41. The summed E-state index contributed by atoms with van der Waals surface area (Å²) in [4.78, 5) is 24.0. The molecule has 0 fully saturated rings. The number of amides is 1. The second kappa shape index (κ2) is 8.59. The molecule has 152 valence electrons. The van der Waals surface area contributed by atoms with Crippen LogP contribution in [0.3, 0.4) is 0 Å². The van der Waals surface area contributed by atoms with E-state index >= 15 is 0 Å². The molecule has 2 heterocycles. The Morgan fingerprint density at radius 1 is 1.10 bits per heavy atom. The van der Waals surface area contributed by atoms with Crippen molar-refractivity contribution in [3.63, 3.8) is 0 Å². The number of benzene rings is 2. The number of para-hydroxylation sites is 1. The predicted molar refractivity (Wildman–Crippen MR) is 120 cm³/mol. The van der Waals surface area contributed by atoms with E-state index in [0.717, 1.165) is 28.4 Å². The first kappa shape index (κ1) is 20.0. The number of esters is 1. The fraction of sp³-hybridized carbons (Fsp3) is 0.130. The molecule has 0 spiro atoms. The molecule has 4 aromatic rings. The first-order valence-corrected chi connectivity index (χ1v) is 10.3. The van der Waals surface area contributed by atoms with Gasteiger partial charge in [0.15, 0.2) is 11.3 Å². The highest BCUT2D eigenvalue weighted by Gasteiger charge is 2.11. The lowest BCUT2D eigenvalue weighted by molar-refractivity contribution is -0.142. The number of aryl methyl sites for hydroxylation is 1. The number of carbonyl (C=O) groups is 2. The molecule has 1 N–H and O–H groups in total. The number of nitrogens with one attached hydrogen (secondary N) is 1. The molecule has 0 atom stereocenters. The van der Waals surface area contributed by atoms with Crippen molar-refractivity contribution < 1.29 is 18.7 Å². The lowest BCUT2D eigenvalue weighted by Gasteiger charge is -2.07. The lowest BCUT2D eigenvalue weighted by Crippen LogP contribution is -2.20. The average molecular weight is 467 g/mol. The molecule has 2 aromatic heterocycles. The number of aromatic nitrogens is 1. The summed E-state index contributed by atoms with van der Waals surface area (Å²) in [5.74, 6) is -0.530. The number of hydrogen-bond donors (Lipinski definition) is 1. The van der Waals surface area contributed by atoms with Gasteiger partial charge in [0.05, 0.1) is 0 Å². The zero-order chi connectivity index (χ0) is 21.1. The second-order valence-electron chi connectivity index (χ2n) is 6.62. The van der Waals surface area contributed by atoms with Gasteiger partial charge < -0.3 is 19.0 Å². The van der Waals surface area contributed by atoms with Gasteiger partial charge in [-0.1, -0.05) is 18.2 Å². The van der Waals surface area contributed by atoms with Crippen molar-refractivity contribution in [2.45, 2.75) is 13.5 Å². The SMILES string of the molecule is CCn1c2ccccc2c2cc(NC(=O)COC(=O)C=Cc3ccc(Br)o3)ccc21. The van der Waals surface area contributed by atoms with E-state index in [1.54, 1.807) is 12.1 Å². The molecule has 7 heteroatoms. The Bertz CT molecular complexity index is 1270. The van der Waals surface area contributed by atoms with Gasteiger partial charge in [0.1, 0.15) is 5.76 Å². The van der Waals surface area contributed by atoms with Crippen LogP contribution in [0.2, 0.25) is 0 Å². The Labute approximate surface area is 181 Å². The van der Waals surface area contributed by atoms with Crippen LogP contribution in [0.25, 0.3) is 27.9 Å². The van der Waals surface area contributed by atoms with Crippen molar-refractivity contribution in [3.8, 4) is 0 Å². The molecule has 0 bridgehead atoms. The summed E-state index contributed by atoms with van der Waals surface area (Å²) in [6.45, 7) is 2.59. The summed E-state index contributed by atoms with van der Waals surface area (Å²) in [6.07, 6.45) is 2.69. The number of rotatable bonds is 6. The standard InChI is InChI=1S/C23H19BrN2O4/c1-2-26-19-6-4-3-5-17(19)18-13-15(7-10-20(18)26)25-22(27)14-29-23(28)12-9-16-8-11-21(24)30-16/h3-13H,2,14H2,1H3,(H,25,27). The molecular weight excluding hydrogens is 448 g/mol. The number of nitrogens with zero attached hydrogens (tertiary/aromatic N) is 1. The maximum Gasteiger partial charge on any atom is 0.331 e. The van der Waals surface area contributed by atoms with Gasteiger partial charge >= 0.3 is 5.97 Å². The van der Waals surface area contributed by atoms with Crippen molar-refractivity contribution in [3.05, 3.63) is 71.1 Å². The van der Waals surface area contributed by atoms with E-state index < -0.39 is 11.9 Å². The van der Waals surface area contributed by atoms with Crippen molar-refractivity contribution in [1.29, 1.82) is 0 Å². The zero-order valence-corrected chi connectivity index (χ0v) is 17.8. The molecule has 30 heavy (non-hydrogen) atoms. The first-order valence-electron chi connectivity index (χ1n) is 9.46. The van der Waals surface area contributed by atoms with Crippen molar-refractivity contribution in [2.24, 2.45) is 0 Å². The predicted octanol–water partition coefficient (Wildman–Crippen LogP) is 5.37. The molecular formula is C23H19BrN2O4. The van der Waals surface area contributed by atoms with Gasteiger partial charge in [-0.15, -0.1) is 0 Å². The Hall–Kier alpha value is -3.32. The maximum atomic E-state index is 12.2. The Morgan fingerprint density at radius 2 is 1.90 bits per heavy atom. The third kappa shape index (κ3) is 4.16. The smallest absolute Gasteiger partial charge is 0.331 e. The summed E-state index contributed by atoms with van der Waals surface area (Å²) >= 11 is 3.18. The molecule has 1 amide bonds. The molecule has 0 radical (unpaired) electrons. The minimum absolute atomic E-state index is 0.375. The van der Waals surface area contributed by atoms with E-state index in [-0.39, 0.29) is 6.61 Å². The van der Waals surface area contributed by atoms with E-state index in [1.807, 2.05) is 30.3 Å². The van der Waals surface area contributed by atoms with E-state index in [2.05, 4.69) is 44.9 Å². The van der Waals surface area contributed by atoms with Crippen LogP contribution < -0.4 is 5.32 Å². The number of fused-ring (bicyclic) bond motifs is 3. The summed E-state index contributed by atoms with van der Waals surface area (Å²) < 4.78 is 13.0. The van der Waals surface area contributed by atoms with Gasteiger partial charge in [0.2, 0.25) is 0 Å². The van der Waals surface area contributed by atoms with Gasteiger partial charge in [-0.2, -0.15) is 0 Å². The minimum atomic E-state index is -0.626. The molecule has 0 saturated heterocycles. The Kier molecular flexibility index (Phi) is 5.72. The van der Waals surface area contributed by atoms with Crippen LogP contribution in [0, 0.1) is 0 Å². The molecule has 6 nitrogen and oxygen atoms in total. The van der Waals surface area contributed by atoms with E-state index in [1.165, 1.54) is 12.2 Å². The summed E-state index contributed by atoms with van der Waals surface area (Å²) in [6, 6.07) is 17.4. The molecule has 4 rings (SSSR count). The number of ether oxygens (including phenoxy) is 1. The van der Waals surface area contributed by atoms with Gasteiger partial charge in [-0.05, 0) is 65.3 Å². The monoisotopic (exact) mass is 466 g/mol. The van der Waals surface area contributed by atoms with Crippen molar-refractivity contribution in [2.75, 3.05) is 11.9 Å². The van der Waals surface area contributed by atoms with E-state index in [4.69, 9.17) is 9.15 Å². The Balaban J connectivity index is 1.42. The van der Waals surface area contributed by atoms with Crippen LogP contribution in [0.4, 0.5) is 5.69 Å². The fourth-order valence-electron chi connectivity index (χ4n) is 3.42. The largest absolute Gasteiger partial charge is 0.452 e. The highest BCUT2D eigenvalue weighted by molar-refractivity contribution is 9.10. The lowest BCUT2D eigenvalue weighted by atomic mass is 10.1. The minimum Gasteiger partial charge on any atom is -0.452 e. The quantitative estimate of drug-likeness (QED) is 0.306. The third-order valence-electron chi connectivity index (χ3n) is 4.70. The van der Waals surface area contributed by atoms with E-state index in [0.29, 0.717) is 16.1 Å². The maximum absolute atomic E-state index is 12.2. The summed E-state index contributed by atoms with van der Waals surface area (Å²) in [5, 5.41) is 4.98. The van der Waals surface area contributed by atoms with Crippen LogP contribution in [-0.2, 0) is 20.9 Å². The van der Waals surface area contributed by atoms with Crippen LogP contribution >= 0.6 is 15.9 Å². The topological polar surface area (TPSA) is 73.5 Å². The van der Waals surface area contributed by atoms with Crippen LogP contribution in [0.5, 0.6) is 0 Å². The number of halogens is 1. The van der Waals surface area contributed by atoms with Crippen molar-refractivity contribution >= 4 is 61.4 Å². The highest BCUT2D eigenvalue weighted by atomic mass is 79.9. The third-order valence-corrected chi connectivity index (χ3v) is 5.12.